The molecule has 0 aromatic carbocycles. The summed E-state index contributed by atoms with van der Waals surface area (Å²) in [6.45, 7) is 0. The molecule has 2 rings (SSSR count). The van der Waals surface area contributed by atoms with Gasteiger partial charge in [-0.1, -0.05) is 0 Å². The third kappa shape index (κ3) is 1.90. The van der Waals surface area contributed by atoms with Gasteiger partial charge in [-0.25, -0.2) is 4.79 Å². The Labute approximate surface area is 89.0 Å². The smallest absolute Gasteiger partial charge is 0.354 e. The van der Waals surface area contributed by atoms with Crippen molar-refractivity contribution in [1.82, 2.24) is 4.57 Å². The first-order valence-corrected chi connectivity index (χ1v) is 5.23. The highest BCUT2D eigenvalue weighted by atomic mass is 16.5. The summed E-state index contributed by atoms with van der Waals surface area (Å²) < 4.78 is 6.72. The summed E-state index contributed by atoms with van der Waals surface area (Å²) in [6, 6.07) is 4.28. The van der Waals surface area contributed by atoms with Crippen LogP contribution in [0, 0.1) is 0 Å². The van der Waals surface area contributed by atoms with Crippen LogP contribution in [0.1, 0.15) is 35.8 Å². The number of ether oxygens (including phenoxy) is 1. The van der Waals surface area contributed by atoms with Crippen LogP contribution in [0.3, 0.4) is 0 Å². The van der Waals surface area contributed by atoms with Gasteiger partial charge in [0.25, 0.3) is 0 Å². The van der Waals surface area contributed by atoms with Gasteiger partial charge in [-0.3, -0.25) is 0 Å². The Morgan fingerprint density at radius 2 is 2.40 bits per heavy atom. The molecule has 2 atom stereocenters. The maximum Gasteiger partial charge on any atom is 0.354 e. The van der Waals surface area contributed by atoms with Gasteiger partial charge in [0, 0.05) is 18.3 Å². The number of nitrogens with two attached hydrogens (primary N) is 1. The SMILES string of the molecule is COC(=O)c1cccn1C1CCC(N)C1. The molecule has 0 spiro atoms. The minimum absolute atomic E-state index is 0.267. The molecule has 0 bridgehead atoms. The summed E-state index contributed by atoms with van der Waals surface area (Å²) in [5, 5.41) is 0. The zero-order valence-corrected chi connectivity index (χ0v) is 8.85. The second-order valence-electron chi connectivity index (χ2n) is 4.02. The standard InChI is InChI=1S/C11H16N2O2/c1-15-11(14)10-3-2-6-13(10)9-5-4-8(12)7-9/h2-3,6,8-9H,4-5,7,12H2,1H3. The second-order valence-corrected chi connectivity index (χ2v) is 4.02. The van der Waals surface area contributed by atoms with E-state index in [-0.39, 0.29) is 12.0 Å². The zero-order valence-electron chi connectivity index (χ0n) is 8.85. The van der Waals surface area contributed by atoms with Crippen LogP contribution >= 0.6 is 0 Å². The molecule has 0 aliphatic heterocycles. The fourth-order valence-electron chi connectivity index (χ4n) is 2.23. The predicted molar refractivity (Wildman–Crippen MR) is 56.6 cm³/mol. The van der Waals surface area contributed by atoms with E-state index in [2.05, 4.69) is 0 Å². The molecule has 1 heterocycles. The number of esters is 1. The van der Waals surface area contributed by atoms with Crippen LogP contribution < -0.4 is 5.73 Å². The number of hydrogen-bond donors (Lipinski definition) is 1. The number of carbonyl (C=O) groups excluding carboxylic acids is 1. The van der Waals surface area contributed by atoms with Gasteiger partial charge >= 0.3 is 5.97 Å². The highest BCUT2D eigenvalue weighted by molar-refractivity contribution is 5.87. The Morgan fingerprint density at radius 3 is 3.00 bits per heavy atom. The van der Waals surface area contributed by atoms with E-state index < -0.39 is 0 Å². The lowest BCUT2D eigenvalue weighted by atomic mass is 10.2. The Bertz CT molecular complexity index is 359. The third-order valence-corrected chi connectivity index (χ3v) is 3.01. The van der Waals surface area contributed by atoms with Crippen LogP contribution in [0.5, 0.6) is 0 Å². The zero-order chi connectivity index (χ0) is 10.8. The van der Waals surface area contributed by atoms with Gasteiger partial charge in [0.1, 0.15) is 5.69 Å². The van der Waals surface area contributed by atoms with Crippen molar-refractivity contribution in [2.45, 2.75) is 31.3 Å². The molecule has 2 N–H and O–H groups in total. The summed E-state index contributed by atoms with van der Waals surface area (Å²) in [6.07, 6.45) is 4.94. The molecule has 1 aromatic rings. The maximum absolute atomic E-state index is 11.5. The minimum Gasteiger partial charge on any atom is -0.464 e. The monoisotopic (exact) mass is 208 g/mol. The van der Waals surface area contributed by atoms with Crippen LogP contribution in [0.4, 0.5) is 0 Å². The lowest BCUT2D eigenvalue weighted by Gasteiger charge is -2.15. The van der Waals surface area contributed by atoms with E-state index in [1.165, 1.54) is 7.11 Å². The largest absolute Gasteiger partial charge is 0.464 e. The molecular weight excluding hydrogens is 192 g/mol. The van der Waals surface area contributed by atoms with Crippen LogP contribution in [-0.2, 0) is 4.74 Å². The fourth-order valence-corrected chi connectivity index (χ4v) is 2.23. The first-order valence-electron chi connectivity index (χ1n) is 5.23. The van der Waals surface area contributed by atoms with Crippen molar-refractivity contribution in [3.05, 3.63) is 24.0 Å². The number of hydrogen-bond acceptors (Lipinski definition) is 3. The molecule has 2 unspecified atom stereocenters. The molecule has 1 aliphatic carbocycles. The second kappa shape index (κ2) is 4.06. The van der Waals surface area contributed by atoms with Gasteiger partial charge in [0.2, 0.25) is 0 Å². The maximum atomic E-state index is 11.5. The highest BCUT2D eigenvalue weighted by Gasteiger charge is 2.25. The van der Waals surface area contributed by atoms with Crippen molar-refractivity contribution < 1.29 is 9.53 Å². The Kier molecular flexibility index (Phi) is 2.77. The minimum atomic E-state index is -0.277. The summed E-state index contributed by atoms with van der Waals surface area (Å²) in [5.74, 6) is -0.277. The van der Waals surface area contributed by atoms with Crippen LogP contribution in [0.25, 0.3) is 0 Å². The van der Waals surface area contributed by atoms with Crippen molar-refractivity contribution in [3.8, 4) is 0 Å². The van der Waals surface area contributed by atoms with Crippen LogP contribution in [-0.4, -0.2) is 23.7 Å². The lowest BCUT2D eigenvalue weighted by Crippen LogP contribution is -2.18. The number of methoxy groups -OCH3 is 1. The van der Waals surface area contributed by atoms with Crippen molar-refractivity contribution in [2.24, 2.45) is 5.73 Å². The number of carbonyl (C=O) groups is 1. The van der Waals surface area contributed by atoms with E-state index in [1.807, 2.05) is 16.8 Å². The molecule has 0 saturated heterocycles. The molecule has 4 heteroatoms. The van der Waals surface area contributed by atoms with E-state index in [0.29, 0.717) is 11.7 Å². The molecule has 82 valence electrons. The highest BCUT2D eigenvalue weighted by Crippen LogP contribution is 2.30. The summed E-state index contributed by atoms with van der Waals surface area (Å²) >= 11 is 0. The van der Waals surface area contributed by atoms with E-state index in [1.54, 1.807) is 6.07 Å². The Morgan fingerprint density at radius 1 is 1.60 bits per heavy atom. The molecule has 1 aliphatic rings. The average molecular weight is 208 g/mol. The topological polar surface area (TPSA) is 57.2 Å². The van der Waals surface area contributed by atoms with Crippen LogP contribution in [0.2, 0.25) is 0 Å². The molecule has 0 radical (unpaired) electrons. The van der Waals surface area contributed by atoms with Gasteiger partial charge in [-0.2, -0.15) is 0 Å². The van der Waals surface area contributed by atoms with Gasteiger partial charge in [0.15, 0.2) is 0 Å². The average Bonchev–Trinajstić information content (AvgIpc) is 2.84. The first kappa shape index (κ1) is 10.2. The fraction of sp³-hybridized carbons (Fsp3) is 0.545. The van der Waals surface area contributed by atoms with E-state index >= 15 is 0 Å². The first-order chi connectivity index (χ1) is 7.22. The molecule has 15 heavy (non-hydrogen) atoms. The summed E-state index contributed by atoms with van der Waals surface area (Å²) in [5.41, 5.74) is 6.48. The van der Waals surface area contributed by atoms with E-state index in [4.69, 9.17) is 10.5 Å². The number of rotatable bonds is 2. The van der Waals surface area contributed by atoms with Crippen molar-refractivity contribution in [2.75, 3.05) is 7.11 Å². The molecule has 0 amide bonds. The predicted octanol–water partition coefficient (Wildman–Crippen LogP) is 1.33. The quantitative estimate of drug-likeness (QED) is 0.746. The summed E-state index contributed by atoms with van der Waals surface area (Å²) in [4.78, 5) is 11.5. The molecular formula is C11H16N2O2. The lowest BCUT2D eigenvalue weighted by molar-refractivity contribution is 0.0586. The third-order valence-electron chi connectivity index (χ3n) is 3.01. The molecule has 1 fully saturated rings. The van der Waals surface area contributed by atoms with Gasteiger partial charge in [-0.05, 0) is 31.4 Å². The normalized spacial score (nSPS) is 25.5. The van der Waals surface area contributed by atoms with Gasteiger partial charge in [-0.15, -0.1) is 0 Å². The molecule has 1 saturated carbocycles. The van der Waals surface area contributed by atoms with Crippen molar-refractivity contribution in [3.63, 3.8) is 0 Å². The van der Waals surface area contributed by atoms with Crippen molar-refractivity contribution in [1.29, 1.82) is 0 Å². The number of aromatic nitrogens is 1. The molecule has 1 aromatic heterocycles. The van der Waals surface area contributed by atoms with Gasteiger partial charge in [0.05, 0.1) is 7.11 Å². The van der Waals surface area contributed by atoms with Crippen molar-refractivity contribution >= 4 is 5.97 Å². The number of nitrogens with zero attached hydrogens (tertiary/aromatic N) is 1. The summed E-state index contributed by atoms with van der Waals surface area (Å²) in [7, 11) is 1.40. The molecule has 4 nitrogen and oxygen atoms in total. The van der Waals surface area contributed by atoms with Crippen LogP contribution in [0.15, 0.2) is 18.3 Å². The Hall–Kier alpha value is -1.29. The Balaban J connectivity index is 2.21. The van der Waals surface area contributed by atoms with Gasteiger partial charge < -0.3 is 15.0 Å². The van der Waals surface area contributed by atoms with E-state index in [0.717, 1.165) is 19.3 Å². The van der Waals surface area contributed by atoms with E-state index in [9.17, 15) is 4.79 Å².